The minimum absolute atomic E-state index is 0.129. The molecule has 8 heteroatoms. The van der Waals surface area contributed by atoms with Gasteiger partial charge in [-0.3, -0.25) is 4.79 Å². The van der Waals surface area contributed by atoms with Gasteiger partial charge in [0, 0.05) is 13.7 Å². The highest BCUT2D eigenvalue weighted by Gasteiger charge is 2.13. The fraction of sp³-hybridized carbons (Fsp3) is 0.500. The van der Waals surface area contributed by atoms with E-state index >= 15 is 0 Å². The highest BCUT2D eigenvalue weighted by atomic mass is 32.2. The third kappa shape index (κ3) is 5.72. The number of methoxy groups -OCH3 is 1. The summed E-state index contributed by atoms with van der Waals surface area (Å²) in [7, 11) is -0.478. The predicted molar refractivity (Wildman–Crippen MR) is 84.0 cm³/mol. The summed E-state index contributed by atoms with van der Waals surface area (Å²) in [6, 6.07) is 6.20. The third-order valence-corrected chi connectivity index (χ3v) is 4.54. The average molecular weight is 329 g/mol. The number of carbonyl (C=O) groups is 1. The maximum absolute atomic E-state index is 11.7. The van der Waals surface area contributed by atoms with Crippen LogP contribution in [0.3, 0.4) is 0 Å². The van der Waals surface area contributed by atoms with Crippen molar-refractivity contribution in [3.8, 4) is 0 Å². The summed E-state index contributed by atoms with van der Waals surface area (Å²) < 4.78 is 30.4. The van der Waals surface area contributed by atoms with Crippen LogP contribution in [0.2, 0.25) is 0 Å². The van der Waals surface area contributed by atoms with Crippen molar-refractivity contribution in [3.63, 3.8) is 0 Å². The molecule has 0 aliphatic heterocycles. The lowest BCUT2D eigenvalue weighted by molar-refractivity contribution is -0.120. The number of hydrogen-bond acceptors (Lipinski definition) is 5. The molecule has 0 fully saturated rings. The van der Waals surface area contributed by atoms with Crippen LogP contribution in [0.1, 0.15) is 18.5 Å². The molecule has 1 aromatic carbocycles. The van der Waals surface area contributed by atoms with Crippen LogP contribution in [0.25, 0.3) is 0 Å². The molecule has 7 nitrogen and oxygen atoms in total. The summed E-state index contributed by atoms with van der Waals surface area (Å²) in [6.45, 7) is 3.20. The number of benzene rings is 1. The molecule has 0 aliphatic rings. The van der Waals surface area contributed by atoms with Crippen molar-refractivity contribution in [3.05, 3.63) is 29.8 Å². The van der Waals surface area contributed by atoms with Crippen molar-refractivity contribution >= 4 is 15.9 Å². The van der Waals surface area contributed by atoms with E-state index in [0.717, 1.165) is 5.56 Å². The van der Waals surface area contributed by atoms with E-state index < -0.39 is 10.0 Å². The largest absolute Gasteiger partial charge is 0.383 e. The summed E-state index contributed by atoms with van der Waals surface area (Å²) in [5.41, 5.74) is 0.834. The summed E-state index contributed by atoms with van der Waals surface area (Å²) in [4.78, 5) is 11.9. The van der Waals surface area contributed by atoms with Gasteiger partial charge in [0.15, 0.2) is 0 Å². The van der Waals surface area contributed by atoms with Crippen molar-refractivity contribution < 1.29 is 17.9 Å². The highest BCUT2D eigenvalue weighted by molar-refractivity contribution is 7.89. The van der Waals surface area contributed by atoms with E-state index in [-0.39, 0.29) is 23.4 Å². The van der Waals surface area contributed by atoms with Crippen LogP contribution in [-0.2, 0) is 19.6 Å². The van der Waals surface area contributed by atoms with Gasteiger partial charge in [-0.15, -0.1) is 0 Å². The zero-order chi connectivity index (χ0) is 16.6. The molecular weight excluding hydrogens is 306 g/mol. The molecule has 1 aromatic rings. The van der Waals surface area contributed by atoms with Crippen LogP contribution in [0, 0.1) is 0 Å². The summed E-state index contributed by atoms with van der Waals surface area (Å²) in [6.07, 6.45) is 0. The molecule has 0 spiro atoms. The van der Waals surface area contributed by atoms with Crippen LogP contribution in [0.15, 0.2) is 29.2 Å². The molecule has 0 aliphatic carbocycles. The Morgan fingerprint density at radius 2 is 1.91 bits per heavy atom. The second kappa shape index (κ2) is 8.84. The molecule has 22 heavy (non-hydrogen) atoms. The molecule has 1 atom stereocenters. The number of sulfonamides is 1. The Kier molecular flexibility index (Phi) is 7.46. The Morgan fingerprint density at radius 3 is 2.45 bits per heavy atom. The van der Waals surface area contributed by atoms with E-state index in [1.54, 1.807) is 19.2 Å². The molecule has 0 saturated heterocycles. The number of ether oxygens (including phenoxy) is 1. The van der Waals surface area contributed by atoms with E-state index in [9.17, 15) is 13.2 Å². The second-order valence-electron chi connectivity index (χ2n) is 4.74. The zero-order valence-corrected chi connectivity index (χ0v) is 13.9. The number of rotatable bonds is 9. The molecular formula is C14H23N3O4S. The lowest BCUT2D eigenvalue weighted by atomic mass is 10.1. The van der Waals surface area contributed by atoms with Gasteiger partial charge in [0.25, 0.3) is 0 Å². The van der Waals surface area contributed by atoms with E-state index in [1.807, 2.05) is 6.92 Å². The van der Waals surface area contributed by atoms with Gasteiger partial charge < -0.3 is 15.4 Å². The standard InChI is InChI=1S/C14H23N3O4S/c1-11(17-14(18)10-16-8-9-21-3)12-4-6-13(7-5-12)22(19,20)15-2/h4-7,11,15-16H,8-10H2,1-3H3,(H,17,18). The first-order chi connectivity index (χ1) is 10.4. The maximum Gasteiger partial charge on any atom is 0.240 e. The summed E-state index contributed by atoms with van der Waals surface area (Å²) >= 11 is 0. The lowest BCUT2D eigenvalue weighted by Crippen LogP contribution is -2.36. The minimum Gasteiger partial charge on any atom is -0.383 e. The first kappa shape index (κ1) is 18.6. The summed E-state index contributed by atoms with van der Waals surface area (Å²) in [5, 5.41) is 5.79. The number of hydrogen-bond donors (Lipinski definition) is 3. The number of amides is 1. The SMILES string of the molecule is CNS(=O)(=O)c1ccc(C(C)NC(=O)CNCCOC)cc1. The zero-order valence-electron chi connectivity index (χ0n) is 13.0. The smallest absolute Gasteiger partial charge is 0.240 e. The molecule has 124 valence electrons. The quantitative estimate of drug-likeness (QED) is 0.555. The van der Waals surface area contributed by atoms with E-state index in [2.05, 4.69) is 15.4 Å². The van der Waals surface area contributed by atoms with Crippen molar-refractivity contribution in [1.82, 2.24) is 15.4 Å². The van der Waals surface area contributed by atoms with Crippen molar-refractivity contribution in [1.29, 1.82) is 0 Å². The van der Waals surface area contributed by atoms with Gasteiger partial charge in [0.2, 0.25) is 15.9 Å². The molecule has 1 amide bonds. The molecule has 0 radical (unpaired) electrons. The van der Waals surface area contributed by atoms with Crippen LogP contribution in [0.4, 0.5) is 0 Å². The van der Waals surface area contributed by atoms with Gasteiger partial charge in [-0.1, -0.05) is 12.1 Å². The predicted octanol–water partition coefficient (Wildman–Crippen LogP) is 0.00790. The Morgan fingerprint density at radius 1 is 1.27 bits per heavy atom. The average Bonchev–Trinajstić information content (AvgIpc) is 2.51. The number of carbonyl (C=O) groups excluding carboxylic acids is 1. The van der Waals surface area contributed by atoms with Gasteiger partial charge in [0.1, 0.15) is 0 Å². The van der Waals surface area contributed by atoms with Gasteiger partial charge >= 0.3 is 0 Å². The molecule has 0 aromatic heterocycles. The number of nitrogens with one attached hydrogen (secondary N) is 3. The molecule has 0 heterocycles. The van der Waals surface area contributed by atoms with Crippen molar-refractivity contribution in [2.45, 2.75) is 17.9 Å². The summed E-state index contributed by atoms with van der Waals surface area (Å²) in [5.74, 6) is -0.129. The normalized spacial score (nSPS) is 12.9. The van der Waals surface area contributed by atoms with Gasteiger partial charge in [-0.25, -0.2) is 13.1 Å². The second-order valence-corrected chi connectivity index (χ2v) is 6.62. The topological polar surface area (TPSA) is 96.5 Å². The van der Waals surface area contributed by atoms with Crippen LogP contribution in [0.5, 0.6) is 0 Å². The van der Waals surface area contributed by atoms with Crippen LogP contribution >= 0.6 is 0 Å². The first-order valence-corrected chi connectivity index (χ1v) is 8.41. The fourth-order valence-corrected chi connectivity index (χ4v) is 2.54. The fourth-order valence-electron chi connectivity index (χ4n) is 1.81. The Hall–Kier alpha value is -1.48. The van der Waals surface area contributed by atoms with Gasteiger partial charge in [-0.2, -0.15) is 0 Å². The Labute approximate surface area is 131 Å². The highest BCUT2D eigenvalue weighted by Crippen LogP contribution is 2.15. The monoisotopic (exact) mass is 329 g/mol. The maximum atomic E-state index is 11.7. The van der Waals surface area contributed by atoms with E-state index in [1.165, 1.54) is 19.2 Å². The molecule has 3 N–H and O–H groups in total. The minimum atomic E-state index is -3.44. The van der Waals surface area contributed by atoms with E-state index in [4.69, 9.17) is 4.74 Å². The van der Waals surface area contributed by atoms with E-state index in [0.29, 0.717) is 13.2 Å². The molecule has 1 unspecified atom stereocenters. The van der Waals surface area contributed by atoms with Gasteiger partial charge in [-0.05, 0) is 31.7 Å². The van der Waals surface area contributed by atoms with Crippen LogP contribution < -0.4 is 15.4 Å². The van der Waals surface area contributed by atoms with Crippen molar-refractivity contribution in [2.24, 2.45) is 0 Å². The molecule has 1 rings (SSSR count). The molecule has 0 saturated carbocycles. The Bertz CT molecular complexity index is 572. The molecule has 0 bridgehead atoms. The van der Waals surface area contributed by atoms with Crippen LogP contribution in [-0.4, -0.2) is 48.2 Å². The third-order valence-electron chi connectivity index (χ3n) is 3.11. The lowest BCUT2D eigenvalue weighted by Gasteiger charge is -2.15. The Balaban J connectivity index is 2.55. The van der Waals surface area contributed by atoms with Crippen molar-refractivity contribution in [2.75, 3.05) is 33.9 Å². The van der Waals surface area contributed by atoms with Gasteiger partial charge in [0.05, 0.1) is 24.1 Å². The first-order valence-electron chi connectivity index (χ1n) is 6.93.